The Balaban J connectivity index is 1.43. The van der Waals surface area contributed by atoms with Crippen molar-refractivity contribution < 1.29 is 23.6 Å². The number of hydrogen-bond acceptors (Lipinski definition) is 7. The number of benzene rings is 2. The number of imidazole rings is 1. The second-order valence-electron chi connectivity index (χ2n) is 9.64. The van der Waals surface area contributed by atoms with Crippen molar-refractivity contribution in [2.24, 2.45) is 0 Å². The van der Waals surface area contributed by atoms with Gasteiger partial charge in [0.1, 0.15) is 17.0 Å². The number of rotatable bonds is 11. The first kappa shape index (κ1) is 28.6. The van der Waals surface area contributed by atoms with Crippen LogP contribution in [0.5, 0.6) is 0 Å². The first-order valence-corrected chi connectivity index (χ1v) is 13.0. The summed E-state index contributed by atoms with van der Waals surface area (Å²) in [7, 11) is 0. The standard InChI is InChI=1S/C28H31F2N7O3/c1-16(2)37-17(3)33-26-21(29)13-19(14-23(26)37)25-22(30)15-32-28(35-25)34-20-10-8-18(9-11-20)27(39)31-12-6-4-5-7-24(38)36-40/h8-11,13-16,40H,4-7,12H2,1-3H3,(H,31,39)(H,36,38)(H,32,34,35). The van der Waals surface area contributed by atoms with Crippen LogP contribution in [0.25, 0.3) is 22.3 Å². The molecule has 0 aliphatic carbocycles. The molecular formula is C28H31F2N7O3. The van der Waals surface area contributed by atoms with Crippen molar-refractivity contribution >= 4 is 34.5 Å². The van der Waals surface area contributed by atoms with Gasteiger partial charge in [0.25, 0.3) is 5.91 Å². The first-order valence-electron chi connectivity index (χ1n) is 13.0. The van der Waals surface area contributed by atoms with Gasteiger partial charge < -0.3 is 15.2 Å². The zero-order valence-corrected chi connectivity index (χ0v) is 22.5. The topological polar surface area (TPSA) is 134 Å². The summed E-state index contributed by atoms with van der Waals surface area (Å²) in [4.78, 5) is 36.0. The number of halogens is 2. The lowest BCUT2D eigenvalue weighted by Crippen LogP contribution is -2.24. The second-order valence-corrected chi connectivity index (χ2v) is 9.64. The molecule has 0 saturated carbocycles. The molecule has 210 valence electrons. The molecule has 0 saturated heterocycles. The van der Waals surface area contributed by atoms with E-state index in [0.717, 1.165) is 12.6 Å². The number of hydrogen-bond donors (Lipinski definition) is 4. The van der Waals surface area contributed by atoms with E-state index in [0.29, 0.717) is 42.0 Å². The molecule has 40 heavy (non-hydrogen) atoms. The summed E-state index contributed by atoms with van der Waals surface area (Å²) in [5.41, 5.74) is 3.59. The van der Waals surface area contributed by atoms with Crippen LogP contribution < -0.4 is 16.1 Å². The zero-order chi connectivity index (χ0) is 28.8. The average molecular weight is 552 g/mol. The molecule has 0 spiro atoms. The van der Waals surface area contributed by atoms with E-state index < -0.39 is 17.5 Å². The minimum Gasteiger partial charge on any atom is -0.352 e. The van der Waals surface area contributed by atoms with Crippen LogP contribution in [0.1, 0.15) is 61.8 Å². The van der Waals surface area contributed by atoms with Gasteiger partial charge in [0.15, 0.2) is 11.6 Å². The highest BCUT2D eigenvalue weighted by molar-refractivity contribution is 5.94. The third-order valence-corrected chi connectivity index (χ3v) is 6.35. The predicted octanol–water partition coefficient (Wildman–Crippen LogP) is 5.20. The minimum atomic E-state index is -0.694. The third-order valence-electron chi connectivity index (χ3n) is 6.35. The van der Waals surface area contributed by atoms with E-state index in [-0.39, 0.29) is 41.1 Å². The van der Waals surface area contributed by atoms with E-state index in [2.05, 4.69) is 25.6 Å². The van der Waals surface area contributed by atoms with Crippen LogP contribution in [0.2, 0.25) is 0 Å². The Labute approximate surface area is 229 Å². The molecule has 0 unspecified atom stereocenters. The van der Waals surface area contributed by atoms with Crippen molar-refractivity contribution in [3.8, 4) is 11.3 Å². The van der Waals surface area contributed by atoms with Crippen LogP contribution in [-0.2, 0) is 4.79 Å². The summed E-state index contributed by atoms with van der Waals surface area (Å²) in [5.74, 6) is -1.16. The zero-order valence-electron chi connectivity index (χ0n) is 22.5. The van der Waals surface area contributed by atoms with Gasteiger partial charge in [0.2, 0.25) is 11.9 Å². The van der Waals surface area contributed by atoms with Gasteiger partial charge in [-0.25, -0.2) is 29.2 Å². The lowest BCUT2D eigenvalue weighted by Gasteiger charge is -2.12. The fourth-order valence-electron chi connectivity index (χ4n) is 4.47. The fourth-order valence-corrected chi connectivity index (χ4v) is 4.47. The molecule has 10 nitrogen and oxygen atoms in total. The van der Waals surface area contributed by atoms with E-state index in [9.17, 15) is 18.4 Å². The number of nitrogens with zero attached hydrogens (tertiary/aromatic N) is 4. The molecule has 2 amide bonds. The molecule has 0 radical (unpaired) electrons. The van der Waals surface area contributed by atoms with Gasteiger partial charge in [-0.15, -0.1) is 0 Å². The predicted molar refractivity (Wildman–Crippen MR) is 146 cm³/mol. The van der Waals surface area contributed by atoms with Crippen LogP contribution in [0.15, 0.2) is 42.6 Å². The molecular weight excluding hydrogens is 520 g/mol. The summed E-state index contributed by atoms with van der Waals surface area (Å²) in [5, 5.41) is 14.3. The number of aromatic nitrogens is 4. The number of carbonyl (C=O) groups excluding carboxylic acids is 2. The Morgan fingerprint density at radius 3 is 2.48 bits per heavy atom. The molecule has 4 rings (SSSR count). The smallest absolute Gasteiger partial charge is 0.251 e. The summed E-state index contributed by atoms with van der Waals surface area (Å²) in [6, 6.07) is 9.53. The molecule has 2 aromatic carbocycles. The van der Waals surface area contributed by atoms with Crippen molar-refractivity contribution in [3.63, 3.8) is 0 Å². The largest absolute Gasteiger partial charge is 0.352 e. The Morgan fingerprint density at radius 1 is 1.02 bits per heavy atom. The summed E-state index contributed by atoms with van der Waals surface area (Å²) >= 11 is 0. The number of anilines is 2. The van der Waals surface area contributed by atoms with E-state index in [1.165, 1.54) is 6.07 Å². The van der Waals surface area contributed by atoms with Gasteiger partial charge in [0, 0.05) is 35.8 Å². The average Bonchev–Trinajstić information content (AvgIpc) is 3.28. The molecule has 0 aliphatic heterocycles. The molecule has 0 atom stereocenters. The summed E-state index contributed by atoms with van der Waals surface area (Å²) in [6.07, 6.45) is 3.30. The van der Waals surface area contributed by atoms with Gasteiger partial charge in [-0.1, -0.05) is 6.42 Å². The van der Waals surface area contributed by atoms with Crippen molar-refractivity contribution in [2.75, 3.05) is 11.9 Å². The van der Waals surface area contributed by atoms with Crippen LogP contribution in [0.3, 0.4) is 0 Å². The number of nitrogens with one attached hydrogen (secondary N) is 3. The maximum Gasteiger partial charge on any atom is 0.251 e. The van der Waals surface area contributed by atoms with Crippen LogP contribution >= 0.6 is 0 Å². The second kappa shape index (κ2) is 12.6. The van der Waals surface area contributed by atoms with Gasteiger partial charge in [-0.2, -0.15) is 0 Å². The molecule has 0 aliphatic rings. The number of unbranched alkanes of at least 4 members (excludes halogenated alkanes) is 2. The SMILES string of the molecule is Cc1nc2c(F)cc(-c3nc(Nc4ccc(C(=O)NCCCCCC(=O)NO)cc4)ncc3F)cc2n1C(C)C. The van der Waals surface area contributed by atoms with E-state index in [4.69, 9.17) is 5.21 Å². The molecule has 0 bridgehead atoms. The summed E-state index contributed by atoms with van der Waals surface area (Å²) in [6.45, 7) is 6.18. The maximum atomic E-state index is 14.9. The van der Waals surface area contributed by atoms with Gasteiger partial charge in [0.05, 0.1) is 11.7 Å². The molecule has 2 heterocycles. The Hall–Kier alpha value is -4.45. The number of fused-ring (bicyclic) bond motifs is 1. The van der Waals surface area contributed by atoms with Crippen molar-refractivity contribution in [2.45, 2.75) is 52.5 Å². The monoisotopic (exact) mass is 551 g/mol. The van der Waals surface area contributed by atoms with Crippen LogP contribution in [-0.4, -0.2) is 43.1 Å². The normalized spacial score (nSPS) is 11.2. The van der Waals surface area contributed by atoms with Crippen LogP contribution in [0, 0.1) is 18.6 Å². The Bertz CT molecular complexity index is 1520. The van der Waals surface area contributed by atoms with Crippen molar-refractivity contribution in [1.82, 2.24) is 30.3 Å². The fraction of sp³-hybridized carbons (Fsp3) is 0.321. The third kappa shape index (κ3) is 6.57. The molecule has 2 aromatic heterocycles. The molecule has 4 aromatic rings. The molecule has 0 fully saturated rings. The number of carbonyl (C=O) groups is 2. The Morgan fingerprint density at radius 2 is 1.77 bits per heavy atom. The Kier molecular flexibility index (Phi) is 9.00. The lowest BCUT2D eigenvalue weighted by molar-refractivity contribution is -0.129. The number of hydroxylamine groups is 1. The number of amides is 2. The quantitative estimate of drug-likeness (QED) is 0.114. The van der Waals surface area contributed by atoms with Crippen LogP contribution in [0.4, 0.5) is 20.4 Å². The number of aryl methyl sites for hydroxylation is 1. The maximum absolute atomic E-state index is 14.9. The van der Waals surface area contributed by atoms with E-state index >= 15 is 0 Å². The van der Waals surface area contributed by atoms with Crippen molar-refractivity contribution in [3.05, 3.63) is 65.6 Å². The highest BCUT2D eigenvalue weighted by Gasteiger charge is 2.18. The van der Waals surface area contributed by atoms with Gasteiger partial charge in [-0.05, 0) is 70.0 Å². The molecule has 12 heteroatoms. The van der Waals surface area contributed by atoms with E-state index in [1.807, 2.05) is 18.4 Å². The van der Waals surface area contributed by atoms with Gasteiger partial charge in [-0.3, -0.25) is 14.8 Å². The first-order chi connectivity index (χ1) is 19.2. The highest BCUT2D eigenvalue weighted by Crippen LogP contribution is 2.30. The highest BCUT2D eigenvalue weighted by atomic mass is 19.1. The summed E-state index contributed by atoms with van der Waals surface area (Å²) < 4.78 is 31.6. The van der Waals surface area contributed by atoms with E-state index in [1.54, 1.807) is 42.7 Å². The van der Waals surface area contributed by atoms with Gasteiger partial charge >= 0.3 is 0 Å². The van der Waals surface area contributed by atoms with Crippen molar-refractivity contribution in [1.29, 1.82) is 0 Å². The molecule has 4 N–H and O–H groups in total. The lowest BCUT2D eigenvalue weighted by atomic mass is 10.1. The minimum absolute atomic E-state index is 0.0317.